The van der Waals surface area contributed by atoms with Gasteiger partial charge in [0, 0.05) is 18.5 Å². The number of nitrogens with two attached hydrogens (primary N) is 1. The Bertz CT molecular complexity index is 335. The van der Waals surface area contributed by atoms with E-state index < -0.39 is 0 Å². The second-order valence-electron chi connectivity index (χ2n) is 4.74. The molecule has 0 saturated heterocycles. The number of hydrogen-bond donors (Lipinski definition) is 1. The number of rotatable bonds is 3. The molecule has 0 amide bonds. The van der Waals surface area contributed by atoms with Crippen molar-refractivity contribution >= 4 is 5.82 Å². The molecular weight excluding hydrogens is 174 g/mol. The molecule has 0 atom stereocenters. The molecular formula is C11H19N3. The summed E-state index contributed by atoms with van der Waals surface area (Å²) in [5.41, 5.74) is 8.58. The lowest BCUT2D eigenvalue weighted by Gasteiger charge is -2.05. The maximum absolute atomic E-state index is 6.02. The van der Waals surface area contributed by atoms with Gasteiger partial charge in [-0.25, -0.2) is 0 Å². The summed E-state index contributed by atoms with van der Waals surface area (Å²) in [5.74, 6) is 2.21. The summed E-state index contributed by atoms with van der Waals surface area (Å²) < 4.78 is 1.82. The summed E-state index contributed by atoms with van der Waals surface area (Å²) in [6.45, 7) is 4.45. The number of anilines is 1. The minimum Gasteiger partial charge on any atom is -0.384 e. The first-order valence-corrected chi connectivity index (χ1v) is 5.40. The molecule has 1 saturated carbocycles. The SMILES string of the molecule is CC(C)Cc1c(C2CC2)nn(C)c1N. The molecule has 1 aliphatic carbocycles. The van der Waals surface area contributed by atoms with Crippen molar-refractivity contribution in [2.45, 2.75) is 39.0 Å². The summed E-state index contributed by atoms with van der Waals surface area (Å²) >= 11 is 0. The van der Waals surface area contributed by atoms with Crippen molar-refractivity contribution in [2.24, 2.45) is 13.0 Å². The van der Waals surface area contributed by atoms with Crippen molar-refractivity contribution in [3.8, 4) is 0 Å². The Labute approximate surface area is 85.3 Å². The summed E-state index contributed by atoms with van der Waals surface area (Å²) in [7, 11) is 1.94. The van der Waals surface area contributed by atoms with Crippen LogP contribution in [-0.2, 0) is 13.5 Å². The summed E-state index contributed by atoms with van der Waals surface area (Å²) in [6.07, 6.45) is 3.65. The third-order valence-electron chi connectivity index (χ3n) is 2.80. The molecule has 1 fully saturated rings. The van der Waals surface area contributed by atoms with E-state index in [1.54, 1.807) is 0 Å². The van der Waals surface area contributed by atoms with E-state index in [1.807, 2.05) is 11.7 Å². The van der Waals surface area contributed by atoms with Crippen molar-refractivity contribution in [1.29, 1.82) is 0 Å². The topological polar surface area (TPSA) is 43.8 Å². The monoisotopic (exact) mass is 193 g/mol. The fourth-order valence-corrected chi connectivity index (χ4v) is 1.90. The predicted octanol–water partition coefficient (Wildman–Crippen LogP) is 2.08. The predicted molar refractivity (Wildman–Crippen MR) is 58.1 cm³/mol. The average molecular weight is 193 g/mol. The molecule has 0 radical (unpaired) electrons. The van der Waals surface area contributed by atoms with Crippen molar-refractivity contribution in [3.63, 3.8) is 0 Å². The normalized spacial score (nSPS) is 16.6. The molecule has 78 valence electrons. The molecule has 1 heterocycles. The Morgan fingerprint density at radius 2 is 2.14 bits per heavy atom. The molecule has 2 N–H and O–H groups in total. The van der Waals surface area contributed by atoms with Crippen molar-refractivity contribution in [3.05, 3.63) is 11.3 Å². The molecule has 0 bridgehead atoms. The standard InChI is InChI=1S/C11H19N3/c1-7(2)6-9-10(8-4-5-8)13-14(3)11(9)12/h7-8H,4-6,12H2,1-3H3. The van der Waals surface area contributed by atoms with Gasteiger partial charge in [-0.15, -0.1) is 0 Å². The maximum atomic E-state index is 6.02. The highest BCUT2D eigenvalue weighted by Crippen LogP contribution is 2.42. The van der Waals surface area contributed by atoms with Crippen molar-refractivity contribution < 1.29 is 0 Å². The van der Waals surface area contributed by atoms with Gasteiger partial charge in [0.1, 0.15) is 5.82 Å². The molecule has 0 spiro atoms. The Balaban J connectivity index is 2.33. The van der Waals surface area contributed by atoms with E-state index >= 15 is 0 Å². The Kier molecular flexibility index (Phi) is 2.25. The van der Waals surface area contributed by atoms with Gasteiger partial charge < -0.3 is 5.73 Å². The van der Waals surface area contributed by atoms with E-state index in [9.17, 15) is 0 Å². The van der Waals surface area contributed by atoms with Crippen LogP contribution in [0.4, 0.5) is 5.82 Å². The zero-order chi connectivity index (χ0) is 10.3. The molecule has 14 heavy (non-hydrogen) atoms. The lowest BCUT2D eigenvalue weighted by Crippen LogP contribution is -2.02. The van der Waals surface area contributed by atoms with Gasteiger partial charge in [-0.1, -0.05) is 13.8 Å². The van der Waals surface area contributed by atoms with E-state index in [2.05, 4.69) is 18.9 Å². The molecule has 0 aromatic carbocycles. The molecule has 1 aromatic heterocycles. The lowest BCUT2D eigenvalue weighted by molar-refractivity contribution is 0.644. The minimum atomic E-state index is 0.652. The molecule has 2 rings (SSSR count). The van der Waals surface area contributed by atoms with Gasteiger partial charge in [0.05, 0.1) is 5.69 Å². The molecule has 0 unspecified atom stereocenters. The lowest BCUT2D eigenvalue weighted by atomic mass is 10.0. The highest BCUT2D eigenvalue weighted by molar-refractivity contribution is 5.46. The second-order valence-corrected chi connectivity index (χ2v) is 4.74. The van der Waals surface area contributed by atoms with Crippen LogP contribution in [0, 0.1) is 5.92 Å². The highest BCUT2D eigenvalue weighted by Gasteiger charge is 2.30. The van der Waals surface area contributed by atoms with Crippen LogP contribution in [0.1, 0.15) is 43.9 Å². The second kappa shape index (κ2) is 3.30. The Morgan fingerprint density at radius 3 is 2.64 bits per heavy atom. The van der Waals surface area contributed by atoms with Gasteiger partial charge in [0.2, 0.25) is 0 Å². The van der Waals surface area contributed by atoms with Gasteiger partial charge in [-0.05, 0) is 25.2 Å². The van der Waals surface area contributed by atoms with Crippen LogP contribution in [-0.4, -0.2) is 9.78 Å². The minimum absolute atomic E-state index is 0.652. The van der Waals surface area contributed by atoms with Crippen LogP contribution in [0.15, 0.2) is 0 Å². The van der Waals surface area contributed by atoms with Gasteiger partial charge >= 0.3 is 0 Å². The summed E-state index contributed by atoms with van der Waals surface area (Å²) in [6, 6.07) is 0. The van der Waals surface area contributed by atoms with Gasteiger partial charge in [0.15, 0.2) is 0 Å². The van der Waals surface area contributed by atoms with E-state index in [0.29, 0.717) is 11.8 Å². The summed E-state index contributed by atoms with van der Waals surface area (Å²) in [5, 5.41) is 4.52. The Morgan fingerprint density at radius 1 is 1.50 bits per heavy atom. The van der Waals surface area contributed by atoms with Crippen LogP contribution in [0.25, 0.3) is 0 Å². The number of aryl methyl sites for hydroxylation is 1. The average Bonchev–Trinajstić information content (AvgIpc) is 2.88. The number of aromatic nitrogens is 2. The van der Waals surface area contributed by atoms with Crippen LogP contribution >= 0.6 is 0 Å². The van der Waals surface area contributed by atoms with Crippen LogP contribution in [0.2, 0.25) is 0 Å². The smallest absolute Gasteiger partial charge is 0.124 e. The van der Waals surface area contributed by atoms with Crippen LogP contribution in [0.3, 0.4) is 0 Å². The fourth-order valence-electron chi connectivity index (χ4n) is 1.90. The highest BCUT2D eigenvalue weighted by atomic mass is 15.3. The molecule has 3 heteroatoms. The first-order chi connectivity index (χ1) is 6.59. The molecule has 1 aromatic rings. The maximum Gasteiger partial charge on any atom is 0.124 e. The number of hydrogen-bond acceptors (Lipinski definition) is 2. The number of nitrogen functional groups attached to an aromatic ring is 1. The van der Waals surface area contributed by atoms with Crippen molar-refractivity contribution in [2.75, 3.05) is 5.73 Å². The molecule has 3 nitrogen and oxygen atoms in total. The van der Waals surface area contributed by atoms with Crippen molar-refractivity contribution in [1.82, 2.24) is 9.78 Å². The van der Waals surface area contributed by atoms with E-state index in [1.165, 1.54) is 24.1 Å². The quantitative estimate of drug-likeness (QED) is 0.798. The zero-order valence-electron chi connectivity index (χ0n) is 9.25. The molecule has 0 aliphatic heterocycles. The number of nitrogens with zero attached hydrogens (tertiary/aromatic N) is 2. The third-order valence-corrected chi connectivity index (χ3v) is 2.80. The third kappa shape index (κ3) is 1.63. The first-order valence-electron chi connectivity index (χ1n) is 5.40. The van der Waals surface area contributed by atoms with Gasteiger partial charge in [0.25, 0.3) is 0 Å². The van der Waals surface area contributed by atoms with Gasteiger partial charge in [-0.3, -0.25) is 4.68 Å². The Hall–Kier alpha value is -0.990. The van der Waals surface area contributed by atoms with Crippen LogP contribution < -0.4 is 5.73 Å². The van der Waals surface area contributed by atoms with E-state index in [-0.39, 0.29) is 0 Å². The first kappa shape index (κ1) is 9.56. The van der Waals surface area contributed by atoms with Gasteiger partial charge in [-0.2, -0.15) is 5.10 Å². The largest absolute Gasteiger partial charge is 0.384 e. The van der Waals surface area contributed by atoms with E-state index in [4.69, 9.17) is 5.73 Å². The van der Waals surface area contributed by atoms with Crippen LogP contribution in [0.5, 0.6) is 0 Å². The summed E-state index contributed by atoms with van der Waals surface area (Å²) in [4.78, 5) is 0. The van der Waals surface area contributed by atoms with E-state index in [0.717, 1.165) is 12.2 Å². The molecule has 1 aliphatic rings. The fraction of sp³-hybridized carbons (Fsp3) is 0.727. The zero-order valence-corrected chi connectivity index (χ0v) is 9.25.